The lowest BCUT2D eigenvalue weighted by atomic mass is 10.1. The van der Waals surface area contributed by atoms with Gasteiger partial charge in [-0.15, -0.1) is 12.4 Å². The minimum Gasteiger partial charge on any atom is -0.497 e. The van der Waals surface area contributed by atoms with E-state index in [1.807, 2.05) is 0 Å². The average Bonchev–Trinajstić information content (AvgIpc) is 2.68. The second-order valence-electron chi connectivity index (χ2n) is 5.96. The summed E-state index contributed by atoms with van der Waals surface area (Å²) in [5.74, 6) is 0.421. The summed E-state index contributed by atoms with van der Waals surface area (Å²) in [4.78, 5) is 14.4. The number of sulfonamides is 1. The van der Waals surface area contributed by atoms with Crippen LogP contribution in [0.2, 0.25) is 0 Å². The summed E-state index contributed by atoms with van der Waals surface area (Å²) in [5.41, 5.74) is 6.73. The normalized spacial score (nSPS) is 15.1. The molecule has 0 radical (unpaired) electrons. The van der Waals surface area contributed by atoms with Crippen LogP contribution in [0.4, 0.5) is 5.69 Å². The van der Waals surface area contributed by atoms with Crippen molar-refractivity contribution in [1.29, 1.82) is 0 Å². The van der Waals surface area contributed by atoms with Crippen molar-refractivity contribution in [1.82, 2.24) is 9.21 Å². The van der Waals surface area contributed by atoms with Crippen LogP contribution >= 0.6 is 12.4 Å². The number of benzene rings is 2. The Morgan fingerprint density at radius 3 is 2.15 bits per heavy atom. The molecule has 2 N–H and O–H groups in total. The first-order chi connectivity index (χ1) is 12.4. The SMILES string of the molecule is COc1ccc(S(=O)(=O)N2CCN(C(=O)c3ccccc3N)CC2)cc1.Cl. The van der Waals surface area contributed by atoms with Gasteiger partial charge in [-0.3, -0.25) is 4.79 Å². The molecule has 1 aliphatic heterocycles. The highest BCUT2D eigenvalue weighted by molar-refractivity contribution is 7.89. The monoisotopic (exact) mass is 411 g/mol. The number of nitrogens with two attached hydrogens (primary N) is 1. The highest BCUT2D eigenvalue weighted by Crippen LogP contribution is 2.22. The van der Waals surface area contributed by atoms with E-state index in [-0.39, 0.29) is 36.3 Å². The van der Waals surface area contributed by atoms with Crippen LogP contribution in [-0.4, -0.2) is 56.8 Å². The Morgan fingerprint density at radius 1 is 1.00 bits per heavy atom. The summed E-state index contributed by atoms with van der Waals surface area (Å²) < 4.78 is 32.0. The van der Waals surface area contributed by atoms with Crippen molar-refractivity contribution < 1.29 is 17.9 Å². The lowest BCUT2D eigenvalue weighted by Gasteiger charge is -2.34. The van der Waals surface area contributed by atoms with E-state index in [0.29, 0.717) is 30.1 Å². The van der Waals surface area contributed by atoms with Crippen molar-refractivity contribution in [3.63, 3.8) is 0 Å². The molecular formula is C18H22ClN3O4S. The van der Waals surface area contributed by atoms with Gasteiger partial charge < -0.3 is 15.4 Å². The Hall–Kier alpha value is -2.29. The zero-order valence-corrected chi connectivity index (χ0v) is 16.5. The van der Waals surface area contributed by atoms with Crippen molar-refractivity contribution in [2.24, 2.45) is 0 Å². The number of ether oxygens (including phenoxy) is 1. The molecule has 0 aliphatic carbocycles. The zero-order chi connectivity index (χ0) is 18.7. The second kappa shape index (κ2) is 8.60. The van der Waals surface area contributed by atoms with E-state index >= 15 is 0 Å². The van der Waals surface area contributed by atoms with Crippen molar-refractivity contribution in [2.45, 2.75) is 4.90 Å². The van der Waals surface area contributed by atoms with E-state index in [1.165, 1.54) is 23.5 Å². The number of piperazine rings is 1. The fraction of sp³-hybridized carbons (Fsp3) is 0.278. The molecule has 0 atom stereocenters. The zero-order valence-electron chi connectivity index (χ0n) is 14.9. The Bertz CT molecular complexity index is 895. The van der Waals surface area contributed by atoms with Crippen molar-refractivity contribution in [3.8, 4) is 5.75 Å². The molecular weight excluding hydrogens is 390 g/mol. The Kier molecular flexibility index (Phi) is 6.69. The van der Waals surface area contributed by atoms with Gasteiger partial charge in [-0.2, -0.15) is 4.31 Å². The van der Waals surface area contributed by atoms with Crippen molar-refractivity contribution in [3.05, 3.63) is 54.1 Å². The molecule has 0 aromatic heterocycles. The van der Waals surface area contributed by atoms with Gasteiger partial charge in [-0.25, -0.2) is 8.42 Å². The van der Waals surface area contributed by atoms with Crippen LogP contribution in [-0.2, 0) is 10.0 Å². The van der Waals surface area contributed by atoms with Crippen LogP contribution in [0.1, 0.15) is 10.4 Å². The molecule has 7 nitrogen and oxygen atoms in total. The Labute approximate surface area is 165 Å². The standard InChI is InChI=1S/C18H21N3O4S.ClH/c1-25-14-6-8-15(9-7-14)26(23,24)21-12-10-20(11-13-21)18(22)16-4-2-3-5-17(16)19;/h2-9H,10-13,19H2,1H3;1H. The molecule has 2 aromatic rings. The molecule has 1 fully saturated rings. The molecule has 1 amide bonds. The van der Waals surface area contributed by atoms with Crippen LogP contribution in [0.3, 0.4) is 0 Å². The third-order valence-corrected chi connectivity index (χ3v) is 6.33. The maximum atomic E-state index is 12.7. The van der Waals surface area contributed by atoms with E-state index < -0.39 is 10.0 Å². The molecule has 0 bridgehead atoms. The molecule has 3 rings (SSSR count). The lowest BCUT2D eigenvalue weighted by Crippen LogP contribution is -2.50. The van der Waals surface area contributed by atoms with E-state index in [4.69, 9.17) is 10.5 Å². The van der Waals surface area contributed by atoms with Crippen LogP contribution in [0.15, 0.2) is 53.4 Å². The number of para-hydroxylation sites is 1. The molecule has 9 heteroatoms. The minimum absolute atomic E-state index is 0. The second-order valence-corrected chi connectivity index (χ2v) is 7.90. The van der Waals surface area contributed by atoms with Gasteiger partial charge in [0.2, 0.25) is 10.0 Å². The largest absolute Gasteiger partial charge is 0.497 e. The summed E-state index contributed by atoms with van der Waals surface area (Å²) in [7, 11) is -2.07. The van der Waals surface area contributed by atoms with Crippen LogP contribution < -0.4 is 10.5 Å². The smallest absolute Gasteiger partial charge is 0.256 e. The number of halogens is 1. The first-order valence-electron chi connectivity index (χ1n) is 8.21. The van der Waals surface area contributed by atoms with E-state index in [2.05, 4.69) is 0 Å². The third-order valence-electron chi connectivity index (χ3n) is 4.41. The van der Waals surface area contributed by atoms with E-state index in [1.54, 1.807) is 41.3 Å². The number of carbonyl (C=O) groups excluding carboxylic acids is 1. The highest BCUT2D eigenvalue weighted by atomic mass is 35.5. The molecule has 1 saturated heterocycles. The predicted octanol–water partition coefficient (Wildman–Crippen LogP) is 1.85. The van der Waals surface area contributed by atoms with Gasteiger partial charge in [0.15, 0.2) is 0 Å². The van der Waals surface area contributed by atoms with Crippen LogP contribution in [0, 0.1) is 0 Å². The molecule has 0 unspecified atom stereocenters. The molecule has 0 spiro atoms. The highest BCUT2D eigenvalue weighted by Gasteiger charge is 2.30. The summed E-state index contributed by atoms with van der Waals surface area (Å²) in [5, 5.41) is 0. The van der Waals surface area contributed by atoms with Gasteiger partial charge in [0, 0.05) is 31.9 Å². The van der Waals surface area contributed by atoms with E-state index in [9.17, 15) is 13.2 Å². The van der Waals surface area contributed by atoms with Crippen LogP contribution in [0.25, 0.3) is 0 Å². The minimum atomic E-state index is -3.59. The number of nitrogen functional groups attached to an aromatic ring is 1. The Morgan fingerprint density at radius 2 is 1.59 bits per heavy atom. The maximum absolute atomic E-state index is 12.7. The quantitative estimate of drug-likeness (QED) is 0.775. The number of methoxy groups -OCH3 is 1. The summed E-state index contributed by atoms with van der Waals surface area (Å²) in [6, 6.07) is 13.2. The predicted molar refractivity (Wildman–Crippen MR) is 106 cm³/mol. The summed E-state index contributed by atoms with van der Waals surface area (Å²) >= 11 is 0. The number of hydrogen-bond donors (Lipinski definition) is 1. The molecule has 1 aliphatic rings. The molecule has 27 heavy (non-hydrogen) atoms. The number of nitrogens with zero attached hydrogens (tertiary/aromatic N) is 2. The van der Waals surface area contributed by atoms with Gasteiger partial charge in [0.1, 0.15) is 5.75 Å². The average molecular weight is 412 g/mol. The number of carbonyl (C=O) groups is 1. The lowest BCUT2D eigenvalue weighted by molar-refractivity contribution is 0.0699. The maximum Gasteiger partial charge on any atom is 0.256 e. The van der Waals surface area contributed by atoms with E-state index in [0.717, 1.165) is 0 Å². The first kappa shape index (κ1) is 21.0. The van der Waals surface area contributed by atoms with Gasteiger partial charge >= 0.3 is 0 Å². The van der Waals surface area contributed by atoms with Crippen LogP contribution in [0.5, 0.6) is 5.75 Å². The molecule has 1 heterocycles. The number of anilines is 1. The number of amides is 1. The first-order valence-corrected chi connectivity index (χ1v) is 9.65. The van der Waals surface area contributed by atoms with Gasteiger partial charge in [0.25, 0.3) is 5.91 Å². The number of hydrogen-bond acceptors (Lipinski definition) is 5. The van der Waals surface area contributed by atoms with Gasteiger partial charge in [0.05, 0.1) is 17.6 Å². The molecule has 0 saturated carbocycles. The van der Waals surface area contributed by atoms with Gasteiger partial charge in [-0.05, 0) is 36.4 Å². The molecule has 146 valence electrons. The molecule has 2 aromatic carbocycles. The number of rotatable bonds is 4. The summed E-state index contributed by atoms with van der Waals surface area (Å²) in [6.45, 7) is 1.13. The third kappa shape index (κ3) is 4.35. The Balaban J connectivity index is 0.00000261. The van der Waals surface area contributed by atoms with Crippen molar-refractivity contribution >= 4 is 34.0 Å². The fourth-order valence-corrected chi connectivity index (χ4v) is 4.31. The topological polar surface area (TPSA) is 92.9 Å². The van der Waals surface area contributed by atoms with Gasteiger partial charge in [-0.1, -0.05) is 12.1 Å². The summed E-state index contributed by atoms with van der Waals surface area (Å²) in [6.07, 6.45) is 0. The fourth-order valence-electron chi connectivity index (χ4n) is 2.89. The van der Waals surface area contributed by atoms with Crippen molar-refractivity contribution in [2.75, 3.05) is 39.0 Å².